The molecule has 2 aromatic rings. The van der Waals surface area contributed by atoms with Gasteiger partial charge in [0, 0.05) is 38.4 Å². The molecule has 2 saturated heterocycles. The molecule has 2 aliphatic heterocycles. The fourth-order valence-corrected chi connectivity index (χ4v) is 4.05. The van der Waals surface area contributed by atoms with Gasteiger partial charge in [0.1, 0.15) is 5.82 Å². The van der Waals surface area contributed by atoms with Gasteiger partial charge in [-0.05, 0) is 31.7 Å². The molecule has 2 aliphatic rings. The van der Waals surface area contributed by atoms with E-state index in [9.17, 15) is 0 Å². The first-order chi connectivity index (χ1) is 13.3. The van der Waals surface area contributed by atoms with Crippen LogP contribution in [0.1, 0.15) is 37.6 Å². The molecule has 0 radical (unpaired) electrons. The highest BCUT2D eigenvalue weighted by Gasteiger charge is 2.41. The third kappa shape index (κ3) is 4.50. The Balaban J connectivity index is 1.33. The van der Waals surface area contributed by atoms with Crippen LogP contribution in [-0.2, 0) is 17.7 Å². The van der Waals surface area contributed by atoms with E-state index < -0.39 is 0 Å². The van der Waals surface area contributed by atoms with Crippen molar-refractivity contribution in [2.45, 2.75) is 57.4 Å². The van der Waals surface area contributed by atoms with Crippen molar-refractivity contribution in [3.8, 4) is 0 Å². The molecule has 2 fully saturated rings. The maximum atomic E-state index is 5.94. The first-order valence-corrected chi connectivity index (χ1v) is 10.1. The summed E-state index contributed by atoms with van der Waals surface area (Å²) >= 11 is 0. The summed E-state index contributed by atoms with van der Waals surface area (Å²) in [5, 5.41) is 6.93. The van der Waals surface area contributed by atoms with E-state index in [1.54, 1.807) is 0 Å². The van der Waals surface area contributed by atoms with E-state index in [0.717, 1.165) is 37.7 Å². The van der Waals surface area contributed by atoms with Crippen molar-refractivity contribution in [1.29, 1.82) is 0 Å². The lowest BCUT2D eigenvalue weighted by molar-refractivity contribution is 0.0992. The van der Waals surface area contributed by atoms with Crippen molar-refractivity contribution in [3.05, 3.63) is 54.1 Å². The lowest BCUT2D eigenvalue weighted by atomic mass is 9.96. The second-order valence-electron chi connectivity index (χ2n) is 7.33. The van der Waals surface area contributed by atoms with Crippen LogP contribution < -0.4 is 10.6 Å². The minimum atomic E-state index is 0.351. The SMILES string of the molecule is CCNC(=NCCc1nccn1Cc1ccccc1)NC1CC2CCC1O2. The van der Waals surface area contributed by atoms with E-state index in [1.165, 1.54) is 18.4 Å². The zero-order chi connectivity index (χ0) is 18.5. The Labute approximate surface area is 161 Å². The number of ether oxygens (including phenoxy) is 1. The second-order valence-corrected chi connectivity index (χ2v) is 7.33. The summed E-state index contributed by atoms with van der Waals surface area (Å²) in [6, 6.07) is 10.9. The highest BCUT2D eigenvalue weighted by molar-refractivity contribution is 5.80. The van der Waals surface area contributed by atoms with E-state index in [1.807, 2.05) is 18.5 Å². The number of rotatable bonds is 7. The number of nitrogens with one attached hydrogen (secondary N) is 2. The van der Waals surface area contributed by atoms with Gasteiger partial charge in [-0.1, -0.05) is 30.3 Å². The molecule has 1 aromatic heterocycles. The summed E-state index contributed by atoms with van der Waals surface area (Å²) < 4.78 is 8.14. The van der Waals surface area contributed by atoms with Crippen molar-refractivity contribution >= 4 is 5.96 Å². The third-order valence-corrected chi connectivity index (χ3v) is 5.38. The van der Waals surface area contributed by atoms with E-state index in [-0.39, 0.29) is 0 Å². The van der Waals surface area contributed by atoms with Gasteiger partial charge in [-0.3, -0.25) is 4.99 Å². The van der Waals surface area contributed by atoms with Gasteiger partial charge in [-0.25, -0.2) is 4.98 Å². The Bertz CT molecular complexity index is 757. The minimum Gasteiger partial charge on any atom is -0.373 e. The molecule has 0 spiro atoms. The summed E-state index contributed by atoms with van der Waals surface area (Å²) in [6.07, 6.45) is 9.00. The number of nitrogens with zero attached hydrogens (tertiary/aromatic N) is 3. The first kappa shape index (κ1) is 18.0. The molecule has 3 unspecified atom stereocenters. The molecule has 0 saturated carbocycles. The molecule has 3 atom stereocenters. The number of guanidine groups is 1. The fraction of sp³-hybridized carbons (Fsp3) is 0.524. The fourth-order valence-electron chi connectivity index (χ4n) is 4.05. The molecule has 4 rings (SSSR count). The number of aromatic nitrogens is 2. The van der Waals surface area contributed by atoms with Gasteiger partial charge < -0.3 is 19.9 Å². The topological polar surface area (TPSA) is 63.5 Å². The maximum absolute atomic E-state index is 5.94. The Morgan fingerprint density at radius 1 is 1.30 bits per heavy atom. The Morgan fingerprint density at radius 3 is 2.93 bits per heavy atom. The van der Waals surface area contributed by atoms with Crippen LogP contribution in [0.25, 0.3) is 0 Å². The summed E-state index contributed by atoms with van der Waals surface area (Å²) in [7, 11) is 0. The molecule has 2 bridgehead atoms. The van der Waals surface area contributed by atoms with Crippen molar-refractivity contribution in [1.82, 2.24) is 20.2 Å². The molecule has 1 aromatic carbocycles. The quantitative estimate of drug-likeness (QED) is 0.582. The van der Waals surface area contributed by atoms with Crippen LogP contribution in [0.15, 0.2) is 47.7 Å². The van der Waals surface area contributed by atoms with Crippen molar-refractivity contribution in [3.63, 3.8) is 0 Å². The van der Waals surface area contributed by atoms with Crippen LogP contribution in [0.4, 0.5) is 0 Å². The van der Waals surface area contributed by atoms with Gasteiger partial charge in [0.2, 0.25) is 0 Å². The van der Waals surface area contributed by atoms with Crippen molar-refractivity contribution in [2.75, 3.05) is 13.1 Å². The summed E-state index contributed by atoms with van der Waals surface area (Å²) in [5.74, 6) is 1.96. The Kier molecular flexibility index (Phi) is 5.72. The number of hydrogen-bond donors (Lipinski definition) is 2. The average Bonchev–Trinajstić information content (AvgIpc) is 3.41. The number of hydrogen-bond acceptors (Lipinski definition) is 3. The van der Waals surface area contributed by atoms with Crippen molar-refractivity contribution < 1.29 is 4.74 Å². The molecule has 2 N–H and O–H groups in total. The van der Waals surface area contributed by atoms with Crippen LogP contribution in [-0.4, -0.2) is 46.8 Å². The maximum Gasteiger partial charge on any atom is 0.191 e. The van der Waals surface area contributed by atoms with Crippen LogP contribution in [0.5, 0.6) is 0 Å². The minimum absolute atomic E-state index is 0.351. The summed E-state index contributed by atoms with van der Waals surface area (Å²) in [6.45, 7) is 4.51. The largest absolute Gasteiger partial charge is 0.373 e. The molecule has 3 heterocycles. The van der Waals surface area contributed by atoms with Crippen LogP contribution in [0.3, 0.4) is 0 Å². The monoisotopic (exact) mass is 367 g/mol. The Morgan fingerprint density at radius 2 is 2.19 bits per heavy atom. The third-order valence-electron chi connectivity index (χ3n) is 5.38. The standard InChI is InChI=1S/C21H29N5O/c1-2-22-21(25-18-14-17-8-9-19(18)27-17)24-11-10-20-23-12-13-26(20)15-16-6-4-3-5-7-16/h3-7,12-13,17-19H,2,8-11,14-15H2,1H3,(H2,22,24,25). The van der Waals surface area contributed by atoms with Crippen molar-refractivity contribution in [2.24, 2.45) is 4.99 Å². The van der Waals surface area contributed by atoms with Gasteiger partial charge in [-0.15, -0.1) is 0 Å². The highest BCUT2D eigenvalue weighted by Crippen LogP contribution is 2.34. The number of imidazole rings is 1. The molecular weight excluding hydrogens is 338 g/mol. The molecular formula is C21H29N5O. The number of aliphatic imine (C=N–C) groups is 1. The average molecular weight is 367 g/mol. The van der Waals surface area contributed by atoms with Gasteiger partial charge >= 0.3 is 0 Å². The van der Waals surface area contributed by atoms with Gasteiger partial charge in [0.15, 0.2) is 5.96 Å². The van der Waals surface area contributed by atoms with E-state index in [4.69, 9.17) is 9.73 Å². The normalized spacial score (nSPS) is 24.3. The predicted molar refractivity (Wildman–Crippen MR) is 107 cm³/mol. The van der Waals surface area contributed by atoms with Crippen LogP contribution in [0.2, 0.25) is 0 Å². The second kappa shape index (κ2) is 8.57. The Hall–Kier alpha value is -2.34. The van der Waals surface area contributed by atoms with Gasteiger partial charge in [-0.2, -0.15) is 0 Å². The van der Waals surface area contributed by atoms with Crippen LogP contribution >= 0.6 is 0 Å². The predicted octanol–water partition coefficient (Wildman–Crippen LogP) is 2.35. The first-order valence-electron chi connectivity index (χ1n) is 10.1. The van der Waals surface area contributed by atoms with Gasteiger partial charge in [0.25, 0.3) is 0 Å². The highest BCUT2D eigenvalue weighted by atomic mass is 16.5. The smallest absolute Gasteiger partial charge is 0.191 e. The molecule has 0 amide bonds. The van der Waals surface area contributed by atoms with E-state index >= 15 is 0 Å². The molecule has 144 valence electrons. The zero-order valence-corrected chi connectivity index (χ0v) is 16.0. The molecule has 6 heteroatoms. The van der Waals surface area contributed by atoms with Crippen LogP contribution in [0, 0.1) is 0 Å². The lowest BCUT2D eigenvalue weighted by Crippen LogP contribution is -2.47. The molecule has 6 nitrogen and oxygen atoms in total. The van der Waals surface area contributed by atoms with Gasteiger partial charge in [0.05, 0.1) is 18.2 Å². The zero-order valence-electron chi connectivity index (χ0n) is 16.0. The van der Waals surface area contributed by atoms with E-state index in [2.05, 4.69) is 51.4 Å². The number of fused-ring (bicyclic) bond motifs is 2. The molecule has 27 heavy (non-hydrogen) atoms. The molecule has 0 aliphatic carbocycles. The lowest BCUT2D eigenvalue weighted by Gasteiger charge is -2.22. The summed E-state index contributed by atoms with van der Waals surface area (Å²) in [4.78, 5) is 9.29. The van der Waals surface area contributed by atoms with E-state index in [0.29, 0.717) is 24.8 Å². The summed E-state index contributed by atoms with van der Waals surface area (Å²) in [5.41, 5.74) is 1.28. The number of benzene rings is 1.